The van der Waals surface area contributed by atoms with Crippen molar-refractivity contribution in [2.24, 2.45) is 5.92 Å². The van der Waals surface area contributed by atoms with Gasteiger partial charge < -0.3 is 19.4 Å². The Balaban J connectivity index is 1.21. The van der Waals surface area contributed by atoms with Gasteiger partial charge in [0.05, 0.1) is 5.69 Å². The van der Waals surface area contributed by atoms with Gasteiger partial charge in [0.15, 0.2) is 5.65 Å². The number of carbonyl (C=O) groups excluding carboxylic acids is 1. The fourth-order valence-corrected chi connectivity index (χ4v) is 4.36. The number of carbonyl (C=O) groups is 1. The van der Waals surface area contributed by atoms with E-state index in [0.29, 0.717) is 23.9 Å². The lowest BCUT2D eigenvalue weighted by atomic mass is 9.91. The lowest BCUT2D eigenvalue weighted by Gasteiger charge is -2.33. The predicted molar refractivity (Wildman–Crippen MR) is 125 cm³/mol. The summed E-state index contributed by atoms with van der Waals surface area (Å²) in [6.07, 6.45) is 8.38. The fraction of sp³-hybridized carbons (Fsp3) is 0.231. The Morgan fingerprint density at radius 1 is 1.09 bits per heavy atom. The number of rotatable bonds is 5. The van der Waals surface area contributed by atoms with Gasteiger partial charge in [-0.2, -0.15) is 0 Å². The maximum atomic E-state index is 13.1. The molecule has 3 heterocycles. The Labute approximate surface area is 191 Å². The molecule has 6 nitrogen and oxygen atoms in total. The number of hydrogen-bond donors (Lipinski definition) is 1. The number of halogens is 1. The highest BCUT2D eigenvalue weighted by Crippen LogP contribution is 2.26. The van der Waals surface area contributed by atoms with Crippen LogP contribution in [0.15, 0.2) is 79.3 Å². The van der Waals surface area contributed by atoms with Crippen molar-refractivity contribution in [1.29, 1.82) is 0 Å². The van der Waals surface area contributed by atoms with Crippen molar-refractivity contribution in [3.8, 4) is 11.5 Å². The smallest absolute Gasteiger partial charge is 0.321 e. The van der Waals surface area contributed by atoms with Crippen LogP contribution in [0.1, 0.15) is 18.4 Å². The Bertz CT molecular complexity index is 1250. The molecule has 1 fully saturated rings. The van der Waals surface area contributed by atoms with E-state index in [0.717, 1.165) is 42.8 Å². The van der Waals surface area contributed by atoms with E-state index in [9.17, 15) is 9.18 Å². The van der Waals surface area contributed by atoms with Crippen molar-refractivity contribution in [1.82, 2.24) is 14.3 Å². The molecule has 5 rings (SSSR count). The standard InChI is InChI=1S/C26H25FN4O2/c27-21-8-10-22(11-9-21)33-23-6-1-4-19(17-23)16-20-5-2-14-31(18-20)26(32)29-24-7-3-13-30-15-12-28-25(24)30/h1,3-4,6-13,15,17,20H,2,5,14,16,18H2,(H,29,32). The Morgan fingerprint density at radius 3 is 2.85 bits per heavy atom. The summed E-state index contributed by atoms with van der Waals surface area (Å²) in [5, 5.41) is 3.02. The molecule has 1 aliphatic rings. The molecule has 1 aliphatic heterocycles. The van der Waals surface area contributed by atoms with Crippen molar-refractivity contribution >= 4 is 17.4 Å². The van der Waals surface area contributed by atoms with Crippen molar-refractivity contribution < 1.29 is 13.9 Å². The number of fused-ring (bicyclic) bond motifs is 1. The molecule has 0 bridgehead atoms. The Morgan fingerprint density at radius 2 is 1.97 bits per heavy atom. The number of nitrogens with one attached hydrogen (secondary N) is 1. The molecule has 1 atom stereocenters. The number of hydrogen-bond acceptors (Lipinski definition) is 3. The van der Waals surface area contributed by atoms with Gasteiger partial charge in [-0.3, -0.25) is 0 Å². The third-order valence-corrected chi connectivity index (χ3v) is 5.94. The van der Waals surface area contributed by atoms with Crippen molar-refractivity contribution in [3.05, 3.63) is 90.6 Å². The van der Waals surface area contributed by atoms with E-state index in [1.807, 2.05) is 52.0 Å². The third kappa shape index (κ3) is 4.98. The molecule has 0 radical (unpaired) electrons. The van der Waals surface area contributed by atoms with Gasteiger partial charge in [0.25, 0.3) is 0 Å². The minimum atomic E-state index is -0.288. The molecule has 0 aliphatic carbocycles. The molecular weight excluding hydrogens is 419 g/mol. The minimum Gasteiger partial charge on any atom is -0.457 e. The summed E-state index contributed by atoms with van der Waals surface area (Å²) in [6.45, 7) is 1.44. The van der Waals surface area contributed by atoms with Crippen LogP contribution in [0.2, 0.25) is 0 Å². The maximum absolute atomic E-state index is 13.1. The van der Waals surface area contributed by atoms with Crippen molar-refractivity contribution in [3.63, 3.8) is 0 Å². The van der Waals surface area contributed by atoms with Gasteiger partial charge in [-0.05, 0) is 79.3 Å². The largest absolute Gasteiger partial charge is 0.457 e. The number of anilines is 1. The lowest BCUT2D eigenvalue weighted by Crippen LogP contribution is -2.42. The van der Waals surface area contributed by atoms with Crippen LogP contribution in [-0.4, -0.2) is 33.4 Å². The molecule has 1 N–H and O–H groups in total. The van der Waals surface area contributed by atoms with Crippen LogP contribution in [0.3, 0.4) is 0 Å². The van der Waals surface area contributed by atoms with E-state index in [-0.39, 0.29) is 11.8 Å². The van der Waals surface area contributed by atoms with Gasteiger partial charge in [-0.1, -0.05) is 12.1 Å². The SMILES string of the molecule is O=C(Nc1cccn2ccnc12)N1CCCC(Cc2cccc(Oc3ccc(F)cc3)c2)C1. The highest BCUT2D eigenvalue weighted by atomic mass is 19.1. The topological polar surface area (TPSA) is 58.9 Å². The normalized spacial score (nSPS) is 16.0. The number of imidazole rings is 1. The number of likely N-dealkylation sites (tertiary alicyclic amines) is 1. The molecular formula is C26H25FN4O2. The van der Waals surface area contributed by atoms with E-state index < -0.39 is 0 Å². The summed E-state index contributed by atoms with van der Waals surface area (Å²) in [5.41, 5.74) is 2.60. The molecule has 7 heteroatoms. The van der Waals surface area contributed by atoms with Crippen molar-refractivity contribution in [2.75, 3.05) is 18.4 Å². The number of piperidine rings is 1. The van der Waals surface area contributed by atoms with Gasteiger partial charge in [0.2, 0.25) is 0 Å². The fourth-order valence-electron chi connectivity index (χ4n) is 4.36. The quantitative estimate of drug-likeness (QED) is 0.426. The first-order chi connectivity index (χ1) is 16.1. The zero-order valence-electron chi connectivity index (χ0n) is 18.2. The first-order valence-corrected chi connectivity index (χ1v) is 11.1. The first-order valence-electron chi connectivity index (χ1n) is 11.1. The number of aromatic nitrogens is 2. The molecule has 33 heavy (non-hydrogen) atoms. The average Bonchev–Trinajstić information content (AvgIpc) is 3.31. The summed E-state index contributed by atoms with van der Waals surface area (Å²) < 4.78 is 20.9. The average molecular weight is 445 g/mol. The molecule has 168 valence electrons. The zero-order valence-corrected chi connectivity index (χ0v) is 18.2. The highest BCUT2D eigenvalue weighted by Gasteiger charge is 2.24. The van der Waals surface area contributed by atoms with Gasteiger partial charge in [0, 0.05) is 31.7 Å². The second kappa shape index (κ2) is 9.32. The molecule has 1 saturated heterocycles. The van der Waals surface area contributed by atoms with Crippen molar-refractivity contribution in [2.45, 2.75) is 19.3 Å². The zero-order chi connectivity index (χ0) is 22.6. The minimum absolute atomic E-state index is 0.0933. The van der Waals surface area contributed by atoms with Crippen LogP contribution in [0.25, 0.3) is 5.65 Å². The number of benzene rings is 2. The third-order valence-electron chi connectivity index (χ3n) is 5.94. The Kier molecular flexibility index (Phi) is 5.93. The van der Waals surface area contributed by atoms with Gasteiger partial charge >= 0.3 is 6.03 Å². The maximum Gasteiger partial charge on any atom is 0.321 e. The van der Waals surface area contributed by atoms with E-state index in [1.54, 1.807) is 18.3 Å². The molecule has 4 aromatic rings. The van der Waals surface area contributed by atoms with Gasteiger partial charge in [0.1, 0.15) is 17.3 Å². The Hall–Kier alpha value is -3.87. The molecule has 2 aromatic carbocycles. The second-order valence-corrected chi connectivity index (χ2v) is 8.37. The van der Waals surface area contributed by atoms with E-state index in [1.165, 1.54) is 12.1 Å². The van der Waals surface area contributed by atoms with Gasteiger partial charge in [-0.25, -0.2) is 14.2 Å². The number of urea groups is 1. The van der Waals surface area contributed by atoms with Crippen LogP contribution in [-0.2, 0) is 6.42 Å². The summed E-state index contributed by atoms with van der Waals surface area (Å²) in [4.78, 5) is 19.2. The summed E-state index contributed by atoms with van der Waals surface area (Å²) in [5.74, 6) is 1.40. The number of ether oxygens (including phenoxy) is 1. The van der Waals surface area contributed by atoms with E-state index in [4.69, 9.17) is 4.74 Å². The van der Waals surface area contributed by atoms with Crippen LogP contribution in [0, 0.1) is 11.7 Å². The van der Waals surface area contributed by atoms with Crippen LogP contribution < -0.4 is 10.1 Å². The summed E-state index contributed by atoms with van der Waals surface area (Å²) in [6, 6.07) is 17.6. The number of pyridine rings is 1. The molecule has 0 saturated carbocycles. The van der Waals surface area contributed by atoms with Crippen LogP contribution in [0.5, 0.6) is 11.5 Å². The number of amides is 2. The molecule has 2 amide bonds. The van der Waals surface area contributed by atoms with E-state index in [2.05, 4.69) is 16.4 Å². The molecule has 0 spiro atoms. The first kappa shape index (κ1) is 21.0. The number of nitrogens with zero attached hydrogens (tertiary/aromatic N) is 3. The summed E-state index contributed by atoms with van der Waals surface area (Å²) in [7, 11) is 0. The second-order valence-electron chi connectivity index (χ2n) is 8.37. The monoisotopic (exact) mass is 444 g/mol. The molecule has 2 aromatic heterocycles. The lowest BCUT2D eigenvalue weighted by molar-refractivity contribution is 0.177. The van der Waals surface area contributed by atoms with Crippen LogP contribution >= 0.6 is 0 Å². The van der Waals surface area contributed by atoms with Crippen LogP contribution in [0.4, 0.5) is 14.9 Å². The van der Waals surface area contributed by atoms with Gasteiger partial charge in [-0.15, -0.1) is 0 Å². The predicted octanol–water partition coefficient (Wildman–Crippen LogP) is 5.75. The highest BCUT2D eigenvalue weighted by molar-refractivity contribution is 5.93. The summed E-state index contributed by atoms with van der Waals surface area (Å²) >= 11 is 0. The van der Waals surface area contributed by atoms with E-state index >= 15 is 0 Å². The molecule has 1 unspecified atom stereocenters.